The van der Waals surface area contributed by atoms with Crippen molar-refractivity contribution in [3.8, 4) is 0 Å². The van der Waals surface area contributed by atoms with Gasteiger partial charge in [-0.25, -0.2) is 4.98 Å². The molecule has 3 aromatic heterocycles. The molecule has 0 saturated carbocycles. The highest BCUT2D eigenvalue weighted by Crippen LogP contribution is 2.23. The molecule has 0 aliphatic rings. The van der Waals surface area contributed by atoms with Gasteiger partial charge in [0.1, 0.15) is 11.6 Å². The van der Waals surface area contributed by atoms with Crippen LogP contribution in [0.1, 0.15) is 27.3 Å². The predicted molar refractivity (Wildman–Crippen MR) is 92.7 cm³/mol. The molecule has 0 spiro atoms. The first kappa shape index (κ1) is 15.9. The number of rotatable bonds is 6. The van der Waals surface area contributed by atoms with Crippen LogP contribution < -0.4 is 5.32 Å². The summed E-state index contributed by atoms with van der Waals surface area (Å²) in [5, 5.41) is 12.4. The molecule has 5 nitrogen and oxygen atoms in total. The molecule has 0 saturated heterocycles. The second-order valence-electron chi connectivity index (χ2n) is 5.36. The van der Waals surface area contributed by atoms with Gasteiger partial charge in [0, 0.05) is 28.6 Å². The second kappa shape index (κ2) is 7.06. The quantitative estimate of drug-likeness (QED) is 0.746. The zero-order chi connectivity index (χ0) is 16.2. The van der Waals surface area contributed by atoms with Crippen molar-refractivity contribution in [2.24, 2.45) is 0 Å². The van der Waals surface area contributed by atoms with Crippen LogP contribution in [0.3, 0.4) is 0 Å². The van der Waals surface area contributed by atoms with Gasteiger partial charge in [-0.1, -0.05) is 6.07 Å². The van der Waals surface area contributed by atoms with Gasteiger partial charge in [0.05, 0.1) is 11.7 Å². The largest absolute Gasteiger partial charge is 0.345 e. The topological polar surface area (TPSA) is 59.8 Å². The predicted octanol–water partition coefficient (Wildman–Crippen LogP) is 3.12. The van der Waals surface area contributed by atoms with Crippen molar-refractivity contribution in [3.63, 3.8) is 0 Å². The first-order valence-corrected chi connectivity index (χ1v) is 9.10. The summed E-state index contributed by atoms with van der Waals surface area (Å²) in [7, 11) is 0. The summed E-state index contributed by atoms with van der Waals surface area (Å²) in [5.41, 5.74) is 1.91. The first-order valence-electron chi connectivity index (χ1n) is 7.34. The van der Waals surface area contributed by atoms with Crippen LogP contribution >= 0.6 is 22.7 Å². The Balaban J connectivity index is 1.70. The van der Waals surface area contributed by atoms with E-state index in [0.29, 0.717) is 0 Å². The van der Waals surface area contributed by atoms with Crippen molar-refractivity contribution < 1.29 is 4.79 Å². The van der Waals surface area contributed by atoms with Crippen molar-refractivity contribution in [1.29, 1.82) is 0 Å². The van der Waals surface area contributed by atoms with Gasteiger partial charge in [0.2, 0.25) is 5.91 Å². The van der Waals surface area contributed by atoms with Gasteiger partial charge in [-0.15, -0.1) is 22.7 Å². The molecule has 0 aliphatic heterocycles. The Bertz CT molecular complexity index is 762. The lowest BCUT2D eigenvalue weighted by molar-refractivity contribution is -0.122. The monoisotopic (exact) mass is 346 g/mol. The van der Waals surface area contributed by atoms with Gasteiger partial charge in [-0.3, -0.25) is 9.48 Å². The van der Waals surface area contributed by atoms with Crippen LogP contribution in [0.15, 0.2) is 35.2 Å². The molecular weight excluding hydrogens is 328 g/mol. The Hall–Kier alpha value is -1.99. The van der Waals surface area contributed by atoms with Crippen molar-refractivity contribution in [3.05, 3.63) is 56.4 Å². The van der Waals surface area contributed by atoms with Gasteiger partial charge in [0.25, 0.3) is 0 Å². The minimum absolute atomic E-state index is 0.0482. The highest BCUT2D eigenvalue weighted by molar-refractivity contribution is 7.10. The zero-order valence-corrected chi connectivity index (χ0v) is 14.7. The minimum Gasteiger partial charge on any atom is -0.345 e. The fourth-order valence-corrected chi connectivity index (χ4v) is 3.89. The molecule has 3 heterocycles. The third kappa shape index (κ3) is 4.05. The Labute approximate surface area is 143 Å². The normalized spacial score (nSPS) is 12.3. The minimum atomic E-state index is -0.0990. The number of carbonyl (C=O) groups is 1. The third-order valence-electron chi connectivity index (χ3n) is 3.47. The number of nitrogens with one attached hydrogen (secondary N) is 1. The van der Waals surface area contributed by atoms with Crippen molar-refractivity contribution in [2.75, 3.05) is 0 Å². The van der Waals surface area contributed by atoms with E-state index in [2.05, 4.69) is 21.5 Å². The summed E-state index contributed by atoms with van der Waals surface area (Å²) in [6.45, 7) is 4.11. The molecule has 7 heteroatoms. The van der Waals surface area contributed by atoms with Crippen molar-refractivity contribution in [1.82, 2.24) is 20.1 Å². The van der Waals surface area contributed by atoms with E-state index in [1.165, 1.54) is 4.88 Å². The van der Waals surface area contributed by atoms with E-state index in [9.17, 15) is 4.79 Å². The maximum atomic E-state index is 12.4. The maximum absolute atomic E-state index is 12.4. The number of amides is 1. The van der Waals surface area contributed by atoms with Crippen LogP contribution in [0, 0.1) is 13.8 Å². The van der Waals surface area contributed by atoms with Crippen LogP contribution in [-0.2, 0) is 17.8 Å². The Morgan fingerprint density at radius 3 is 2.83 bits per heavy atom. The Morgan fingerprint density at radius 1 is 1.35 bits per heavy atom. The number of thiazole rings is 1. The van der Waals surface area contributed by atoms with Gasteiger partial charge < -0.3 is 5.32 Å². The molecule has 0 aromatic carbocycles. The summed E-state index contributed by atoms with van der Waals surface area (Å²) in [6, 6.07) is 5.98. The average molecular weight is 346 g/mol. The SMILES string of the molecule is Cc1cc(C)n(CC(=O)N[C@H](Cc2cccs2)c2nccs2)n1. The standard InChI is InChI=1S/C16H18N4OS2/c1-11-8-12(2)20(19-11)10-15(21)18-14(16-17-5-7-23-16)9-13-4-3-6-22-13/h3-8,14H,9-10H2,1-2H3,(H,18,21)/t14-/m1/s1. The van der Waals surface area contributed by atoms with Crippen molar-refractivity contribution >= 4 is 28.6 Å². The molecule has 3 aromatic rings. The Morgan fingerprint density at radius 2 is 2.22 bits per heavy atom. The lowest BCUT2D eigenvalue weighted by atomic mass is 10.2. The Kier molecular flexibility index (Phi) is 4.88. The number of hydrogen-bond acceptors (Lipinski definition) is 5. The lowest BCUT2D eigenvalue weighted by Crippen LogP contribution is -2.33. The molecule has 23 heavy (non-hydrogen) atoms. The fourth-order valence-electron chi connectivity index (χ4n) is 2.45. The van der Waals surface area contributed by atoms with E-state index >= 15 is 0 Å². The summed E-state index contributed by atoms with van der Waals surface area (Å²) >= 11 is 3.26. The zero-order valence-electron chi connectivity index (χ0n) is 13.0. The molecule has 1 atom stereocenters. The summed E-state index contributed by atoms with van der Waals surface area (Å²) < 4.78 is 1.73. The van der Waals surface area contributed by atoms with Crippen molar-refractivity contribution in [2.45, 2.75) is 32.9 Å². The smallest absolute Gasteiger partial charge is 0.242 e. The van der Waals surface area contributed by atoms with Crippen LogP contribution in [0.5, 0.6) is 0 Å². The average Bonchev–Trinajstić information content (AvgIpc) is 3.22. The van der Waals surface area contributed by atoms with E-state index < -0.39 is 0 Å². The number of aryl methyl sites for hydroxylation is 2. The number of aromatic nitrogens is 3. The summed E-state index contributed by atoms with van der Waals surface area (Å²) in [4.78, 5) is 18.0. The molecule has 0 bridgehead atoms. The van der Waals surface area contributed by atoms with Gasteiger partial charge in [0.15, 0.2) is 0 Å². The van der Waals surface area contributed by atoms with Crippen LogP contribution in [-0.4, -0.2) is 20.7 Å². The number of carbonyl (C=O) groups excluding carboxylic acids is 1. The van der Waals surface area contributed by atoms with E-state index in [-0.39, 0.29) is 18.5 Å². The first-order chi connectivity index (χ1) is 11.1. The molecular formula is C16H18N4OS2. The summed E-state index contributed by atoms with van der Waals surface area (Å²) in [5.74, 6) is -0.0482. The van der Waals surface area contributed by atoms with E-state index in [1.807, 2.05) is 36.7 Å². The van der Waals surface area contributed by atoms with Crippen LogP contribution in [0.4, 0.5) is 0 Å². The van der Waals surface area contributed by atoms with E-state index in [1.54, 1.807) is 33.6 Å². The van der Waals surface area contributed by atoms with Crippen LogP contribution in [0.25, 0.3) is 0 Å². The second-order valence-corrected chi connectivity index (χ2v) is 7.32. The molecule has 0 radical (unpaired) electrons. The van der Waals surface area contributed by atoms with Gasteiger partial charge >= 0.3 is 0 Å². The number of thiophene rings is 1. The maximum Gasteiger partial charge on any atom is 0.242 e. The summed E-state index contributed by atoms with van der Waals surface area (Å²) in [6.07, 6.45) is 2.53. The van der Waals surface area contributed by atoms with E-state index in [4.69, 9.17) is 0 Å². The van der Waals surface area contributed by atoms with Gasteiger partial charge in [-0.05, 0) is 31.4 Å². The van der Waals surface area contributed by atoms with E-state index in [0.717, 1.165) is 22.8 Å². The highest BCUT2D eigenvalue weighted by atomic mass is 32.1. The highest BCUT2D eigenvalue weighted by Gasteiger charge is 2.19. The lowest BCUT2D eigenvalue weighted by Gasteiger charge is -2.16. The molecule has 0 unspecified atom stereocenters. The number of hydrogen-bond donors (Lipinski definition) is 1. The fraction of sp³-hybridized carbons (Fsp3) is 0.312. The van der Waals surface area contributed by atoms with Gasteiger partial charge in [-0.2, -0.15) is 5.10 Å². The third-order valence-corrected chi connectivity index (χ3v) is 5.25. The molecule has 1 amide bonds. The number of nitrogens with zero attached hydrogens (tertiary/aromatic N) is 3. The molecule has 3 rings (SSSR count). The molecule has 0 aliphatic carbocycles. The van der Waals surface area contributed by atoms with Crippen LogP contribution in [0.2, 0.25) is 0 Å². The molecule has 120 valence electrons. The molecule has 1 N–H and O–H groups in total. The molecule has 0 fully saturated rings.